The summed E-state index contributed by atoms with van der Waals surface area (Å²) >= 11 is 1.59. The van der Waals surface area contributed by atoms with Crippen molar-refractivity contribution in [2.45, 2.75) is 25.9 Å². The van der Waals surface area contributed by atoms with Crippen LogP contribution in [0, 0.1) is 6.92 Å². The molecule has 8 heteroatoms. The monoisotopic (exact) mass is 343 g/mol. The molecule has 3 aromatic heterocycles. The third-order valence-corrected chi connectivity index (χ3v) is 4.55. The van der Waals surface area contributed by atoms with Crippen molar-refractivity contribution in [1.82, 2.24) is 20.1 Å². The number of ether oxygens (including phenoxy) is 1. The van der Waals surface area contributed by atoms with E-state index >= 15 is 0 Å². The van der Waals surface area contributed by atoms with Crippen LogP contribution in [0.5, 0.6) is 0 Å². The van der Waals surface area contributed by atoms with Crippen LogP contribution in [-0.4, -0.2) is 39.4 Å². The van der Waals surface area contributed by atoms with Gasteiger partial charge in [-0.05, 0) is 31.2 Å². The van der Waals surface area contributed by atoms with Gasteiger partial charge >= 0.3 is 0 Å². The molecule has 1 unspecified atom stereocenters. The summed E-state index contributed by atoms with van der Waals surface area (Å²) in [6.45, 7) is 3.39. The molecule has 1 aliphatic rings. The van der Waals surface area contributed by atoms with Gasteiger partial charge in [-0.15, -0.1) is 0 Å². The van der Waals surface area contributed by atoms with E-state index < -0.39 is 0 Å². The zero-order chi connectivity index (χ0) is 16.4. The maximum atomic E-state index is 5.65. The molecule has 0 saturated carbocycles. The molecular weight excluding hydrogens is 326 g/mol. The van der Waals surface area contributed by atoms with Crippen molar-refractivity contribution in [2.75, 3.05) is 18.5 Å². The Bertz CT molecular complexity index is 812. The first-order valence-corrected chi connectivity index (χ1v) is 8.79. The highest BCUT2D eigenvalue weighted by molar-refractivity contribution is 7.08. The Morgan fingerprint density at radius 3 is 3.12 bits per heavy atom. The molecule has 4 rings (SSSR count). The zero-order valence-corrected chi connectivity index (χ0v) is 14.0. The van der Waals surface area contributed by atoms with Gasteiger partial charge in [0.1, 0.15) is 17.2 Å². The van der Waals surface area contributed by atoms with Gasteiger partial charge in [0.05, 0.1) is 6.10 Å². The first kappa shape index (κ1) is 15.2. The van der Waals surface area contributed by atoms with Crippen LogP contribution in [0.3, 0.4) is 0 Å². The van der Waals surface area contributed by atoms with Crippen LogP contribution < -0.4 is 5.32 Å². The lowest BCUT2D eigenvalue weighted by Gasteiger charge is -2.13. The summed E-state index contributed by atoms with van der Waals surface area (Å²) in [6, 6.07) is 1.96. The molecule has 4 heterocycles. The second kappa shape index (κ2) is 6.66. The fraction of sp³-hybridized carbons (Fsp3) is 0.375. The molecule has 1 N–H and O–H groups in total. The molecule has 0 aliphatic carbocycles. The van der Waals surface area contributed by atoms with Crippen molar-refractivity contribution >= 4 is 17.2 Å². The maximum absolute atomic E-state index is 5.65. The lowest BCUT2D eigenvalue weighted by molar-refractivity contribution is 0.120. The van der Waals surface area contributed by atoms with Crippen molar-refractivity contribution in [1.29, 1.82) is 0 Å². The standard InChI is InChI=1S/C16H17N5O2S/c1-10-17-8-13(15(19-10)18-7-12-3-2-5-22-12)16-20-14(21-23-16)11-4-6-24-9-11/h4,6,8-9,12H,2-3,5,7H2,1H3,(H,17,18,19). The zero-order valence-electron chi connectivity index (χ0n) is 13.2. The summed E-state index contributed by atoms with van der Waals surface area (Å²) in [7, 11) is 0. The van der Waals surface area contributed by atoms with E-state index in [9.17, 15) is 0 Å². The number of nitrogens with one attached hydrogen (secondary N) is 1. The lowest BCUT2D eigenvalue weighted by Crippen LogP contribution is -2.19. The Labute approximate surface area is 143 Å². The van der Waals surface area contributed by atoms with Gasteiger partial charge in [0.15, 0.2) is 0 Å². The van der Waals surface area contributed by atoms with Crippen LogP contribution in [0.2, 0.25) is 0 Å². The van der Waals surface area contributed by atoms with Gasteiger partial charge in [0, 0.05) is 30.3 Å². The van der Waals surface area contributed by atoms with E-state index in [0.717, 1.165) is 25.0 Å². The number of thiophene rings is 1. The lowest BCUT2D eigenvalue weighted by atomic mass is 10.2. The Hall–Kier alpha value is -2.32. The van der Waals surface area contributed by atoms with Crippen molar-refractivity contribution in [3.05, 3.63) is 28.8 Å². The highest BCUT2D eigenvalue weighted by atomic mass is 32.1. The molecule has 0 bridgehead atoms. The van der Waals surface area contributed by atoms with Crippen LogP contribution in [-0.2, 0) is 4.74 Å². The number of anilines is 1. The van der Waals surface area contributed by atoms with Gasteiger partial charge in [-0.2, -0.15) is 16.3 Å². The normalized spacial score (nSPS) is 17.3. The Morgan fingerprint density at radius 1 is 1.38 bits per heavy atom. The molecule has 1 atom stereocenters. The van der Waals surface area contributed by atoms with E-state index in [0.29, 0.717) is 35.5 Å². The van der Waals surface area contributed by atoms with Crippen LogP contribution >= 0.6 is 11.3 Å². The van der Waals surface area contributed by atoms with Crippen molar-refractivity contribution in [3.63, 3.8) is 0 Å². The van der Waals surface area contributed by atoms with Crippen LogP contribution in [0.1, 0.15) is 18.7 Å². The van der Waals surface area contributed by atoms with Gasteiger partial charge in [0.2, 0.25) is 5.82 Å². The summed E-state index contributed by atoms with van der Waals surface area (Å²) in [4.78, 5) is 13.2. The highest BCUT2D eigenvalue weighted by Gasteiger charge is 2.19. The number of hydrogen-bond donors (Lipinski definition) is 1. The topological polar surface area (TPSA) is 86.0 Å². The third-order valence-electron chi connectivity index (χ3n) is 3.87. The Kier molecular flexibility index (Phi) is 4.22. The number of hydrogen-bond acceptors (Lipinski definition) is 8. The minimum atomic E-state index is 0.220. The maximum Gasteiger partial charge on any atom is 0.263 e. The van der Waals surface area contributed by atoms with Gasteiger partial charge < -0.3 is 14.6 Å². The summed E-state index contributed by atoms with van der Waals surface area (Å²) in [5.41, 5.74) is 1.64. The first-order chi connectivity index (χ1) is 11.8. The minimum Gasteiger partial charge on any atom is -0.376 e. The molecule has 1 fully saturated rings. The predicted octanol–water partition coefficient (Wildman–Crippen LogP) is 3.15. The quantitative estimate of drug-likeness (QED) is 0.761. The SMILES string of the molecule is Cc1ncc(-c2nc(-c3ccsc3)no2)c(NCC2CCCO2)n1. The minimum absolute atomic E-state index is 0.220. The summed E-state index contributed by atoms with van der Waals surface area (Å²) in [5, 5.41) is 11.3. The smallest absolute Gasteiger partial charge is 0.263 e. The first-order valence-electron chi connectivity index (χ1n) is 7.85. The van der Waals surface area contributed by atoms with E-state index in [1.807, 2.05) is 23.8 Å². The number of nitrogens with zero attached hydrogens (tertiary/aromatic N) is 4. The van der Waals surface area contributed by atoms with Crippen LogP contribution in [0.25, 0.3) is 22.8 Å². The number of aromatic nitrogens is 4. The van der Waals surface area contributed by atoms with Crippen molar-refractivity contribution in [3.8, 4) is 22.8 Å². The summed E-state index contributed by atoms with van der Waals surface area (Å²) in [6.07, 6.45) is 4.10. The van der Waals surface area contributed by atoms with Gasteiger partial charge in [-0.1, -0.05) is 5.16 Å². The van der Waals surface area contributed by atoms with Crippen LogP contribution in [0.4, 0.5) is 5.82 Å². The van der Waals surface area contributed by atoms with E-state index in [-0.39, 0.29) is 6.10 Å². The van der Waals surface area contributed by atoms with Gasteiger partial charge in [-0.3, -0.25) is 0 Å². The summed E-state index contributed by atoms with van der Waals surface area (Å²) < 4.78 is 11.1. The molecule has 1 aliphatic heterocycles. The van der Waals surface area contributed by atoms with Gasteiger partial charge in [-0.25, -0.2) is 9.97 Å². The molecule has 24 heavy (non-hydrogen) atoms. The number of rotatable bonds is 5. The molecular formula is C16H17N5O2S. The molecule has 0 radical (unpaired) electrons. The fourth-order valence-electron chi connectivity index (χ4n) is 2.62. The molecule has 124 valence electrons. The number of aryl methyl sites for hydroxylation is 1. The van der Waals surface area contributed by atoms with E-state index in [1.165, 1.54) is 0 Å². The Balaban J connectivity index is 1.60. The fourth-order valence-corrected chi connectivity index (χ4v) is 3.25. The van der Waals surface area contributed by atoms with Crippen molar-refractivity contribution in [2.24, 2.45) is 0 Å². The highest BCUT2D eigenvalue weighted by Crippen LogP contribution is 2.27. The predicted molar refractivity (Wildman–Crippen MR) is 90.8 cm³/mol. The molecule has 7 nitrogen and oxygen atoms in total. The van der Waals surface area contributed by atoms with Crippen molar-refractivity contribution < 1.29 is 9.26 Å². The molecule has 1 saturated heterocycles. The molecule has 0 amide bonds. The van der Waals surface area contributed by atoms with E-state index in [4.69, 9.17) is 9.26 Å². The Morgan fingerprint density at radius 2 is 2.33 bits per heavy atom. The third kappa shape index (κ3) is 3.15. The largest absolute Gasteiger partial charge is 0.376 e. The molecule has 0 spiro atoms. The summed E-state index contributed by atoms with van der Waals surface area (Å²) in [5.74, 6) is 2.35. The van der Waals surface area contributed by atoms with E-state index in [2.05, 4.69) is 25.4 Å². The van der Waals surface area contributed by atoms with Crippen LogP contribution in [0.15, 0.2) is 27.5 Å². The average Bonchev–Trinajstić information content (AvgIpc) is 3.33. The van der Waals surface area contributed by atoms with E-state index in [1.54, 1.807) is 17.5 Å². The molecule has 0 aromatic carbocycles. The second-order valence-electron chi connectivity index (χ2n) is 5.63. The van der Waals surface area contributed by atoms with Gasteiger partial charge in [0.25, 0.3) is 5.89 Å². The second-order valence-corrected chi connectivity index (χ2v) is 6.41. The average molecular weight is 343 g/mol. The molecule has 3 aromatic rings.